The first-order valence-corrected chi connectivity index (χ1v) is 6.17. The van der Waals surface area contributed by atoms with E-state index in [1.807, 2.05) is 17.7 Å². The first-order chi connectivity index (χ1) is 8.22. The Balaban J connectivity index is 2.26. The lowest BCUT2D eigenvalue weighted by atomic mass is 9.86. The van der Waals surface area contributed by atoms with Crippen LogP contribution >= 0.6 is 0 Å². The van der Waals surface area contributed by atoms with Gasteiger partial charge in [-0.3, -0.25) is 0 Å². The summed E-state index contributed by atoms with van der Waals surface area (Å²) in [5.74, 6) is 0.431. The fraction of sp³-hybridized carbons (Fsp3) is 0.429. The number of halogens is 1. The molecule has 0 spiro atoms. The molecule has 1 unspecified atom stereocenters. The highest BCUT2D eigenvalue weighted by atomic mass is 19.1. The number of nitrogens with two attached hydrogens (primary N) is 1. The molecule has 1 heterocycles. The Morgan fingerprint density at radius 2 is 2.29 bits per heavy atom. The number of fused-ring (bicyclic) bond motifs is 3. The molecule has 1 aliphatic rings. The Morgan fingerprint density at radius 3 is 3.06 bits per heavy atom. The average Bonchev–Trinajstić information content (AvgIpc) is 2.64. The lowest BCUT2D eigenvalue weighted by Gasteiger charge is -2.21. The van der Waals surface area contributed by atoms with E-state index in [9.17, 15) is 4.39 Å². The van der Waals surface area contributed by atoms with Crippen molar-refractivity contribution >= 4 is 10.9 Å². The van der Waals surface area contributed by atoms with Crippen LogP contribution in [0.3, 0.4) is 0 Å². The Kier molecular flexibility index (Phi) is 2.44. The third kappa shape index (κ3) is 1.49. The fourth-order valence-corrected chi connectivity index (χ4v) is 3.07. The highest BCUT2D eigenvalue weighted by Crippen LogP contribution is 2.34. The molecule has 2 aromatic rings. The van der Waals surface area contributed by atoms with E-state index in [0.29, 0.717) is 5.92 Å². The maximum Gasteiger partial charge on any atom is 0.147 e. The summed E-state index contributed by atoms with van der Waals surface area (Å²) in [5, 5.41) is 1.07. The molecule has 0 aliphatic heterocycles. The van der Waals surface area contributed by atoms with Crippen LogP contribution in [0.5, 0.6) is 0 Å². The summed E-state index contributed by atoms with van der Waals surface area (Å²) >= 11 is 0. The number of hydrogen-bond donors (Lipinski definition) is 1. The van der Waals surface area contributed by atoms with Crippen LogP contribution in [0.4, 0.5) is 4.39 Å². The molecule has 0 radical (unpaired) electrons. The van der Waals surface area contributed by atoms with Crippen molar-refractivity contribution in [3.63, 3.8) is 0 Å². The Labute approximate surface area is 100 Å². The van der Waals surface area contributed by atoms with Crippen LogP contribution in [0.25, 0.3) is 10.9 Å². The second-order valence-corrected chi connectivity index (χ2v) is 4.96. The molecule has 0 fully saturated rings. The molecule has 90 valence electrons. The van der Waals surface area contributed by atoms with Gasteiger partial charge in [0.25, 0.3) is 0 Å². The van der Waals surface area contributed by atoms with Crippen LogP contribution in [0.15, 0.2) is 18.2 Å². The van der Waals surface area contributed by atoms with Gasteiger partial charge in [-0.05, 0) is 43.4 Å². The summed E-state index contributed by atoms with van der Waals surface area (Å²) in [6.45, 7) is 0.727. The van der Waals surface area contributed by atoms with Crippen molar-refractivity contribution in [1.82, 2.24) is 4.57 Å². The van der Waals surface area contributed by atoms with Gasteiger partial charge in [0.1, 0.15) is 5.82 Å². The lowest BCUT2D eigenvalue weighted by Crippen LogP contribution is -2.22. The summed E-state index contributed by atoms with van der Waals surface area (Å²) in [5.41, 5.74) is 9.10. The van der Waals surface area contributed by atoms with E-state index in [1.54, 1.807) is 6.07 Å². The van der Waals surface area contributed by atoms with Crippen molar-refractivity contribution in [2.75, 3.05) is 6.54 Å². The number of para-hydroxylation sites is 1. The van der Waals surface area contributed by atoms with Gasteiger partial charge in [-0.1, -0.05) is 12.1 Å². The van der Waals surface area contributed by atoms with Gasteiger partial charge in [-0.15, -0.1) is 0 Å². The average molecular weight is 232 g/mol. The van der Waals surface area contributed by atoms with Crippen molar-refractivity contribution in [3.05, 3.63) is 35.3 Å². The second kappa shape index (κ2) is 3.84. The zero-order chi connectivity index (χ0) is 12.0. The van der Waals surface area contributed by atoms with Crippen LogP contribution in [0.1, 0.15) is 17.7 Å². The summed E-state index contributed by atoms with van der Waals surface area (Å²) in [4.78, 5) is 0. The van der Waals surface area contributed by atoms with E-state index in [2.05, 4.69) is 0 Å². The molecule has 0 bridgehead atoms. The molecule has 1 aromatic carbocycles. The number of aryl methyl sites for hydroxylation is 1. The molecule has 1 atom stereocenters. The molecule has 3 heteroatoms. The third-order valence-corrected chi connectivity index (χ3v) is 4.02. The monoisotopic (exact) mass is 232 g/mol. The smallest absolute Gasteiger partial charge is 0.147 e. The minimum absolute atomic E-state index is 0.122. The summed E-state index contributed by atoms with van der Waals surface area (Å²) in [7, 11) is 1.97. The second-order valence-electron chi connectivity index (χ2n) is 4.96. The van der Waals surface area contributed by atoms with Crippen molar-refractivity contribution in [2.45, 2.75) is 19.3 Å². The maximum atomic E-state index is 13.9. The first kappa shape index (κ1) is 10.8. The highest BCUT2D eigenvalue weighted by molar-refractivity contribution is 5.86. The summed E-state index contributed by atoms with van der Waals surface area (Å²) in [6, 6.07) is 5.36. The first-order valence-electron chi connectivity index (χ1n) is 6.17. The Bertz CT molecular complexity index is 571. The molecule has 0 amide bonds. The fourth-order valence-electron chi connectivity index (χ4n) is 3.07. The van der Waals surface area contributed by atoms with E-state index in [1.165, 1.54) is 17.3 Å². The van der Waals surface area contributed by atoms with Gasteiger partial charge in [0, 0.05) is 18.1 Å². The van der Waals surface area contributed by atoms with Gasteiger partial charge >= 0.3 is 0 Å². The van der Waals surface area contributed by atoms with Crippen molar-refractivity contribution < 1.29 is 4.39 Å². The van der Waals surface area contributed by atoms with Crippen LogP contribution < -0.4 is 5.73 Å². The molecule has 2 nitrogen and oxygen atoms in total. The largest absolute Gasteiger partial charge is 0.345 e. The van der Waals surface area contributed by atoms with Gasteiger partial charge in [0.2, 0.25) is 0 Å². The molecular weight excluding hydrogens is 215 g/mol. The lowest BCUT2D eigenvalue weighted by molar-refractivity contribution is 0.461. The van der Waals surface area contributed by atoms with E-state index in [0.717, 1.165) is 36.7 Å². The van der Waals surface area contributed by atoms with Crippen LogP contribution in [-0.4, -0.2) is 11.1 Å². The van der Waals surface area contributed by atoms with E-state index in [-0.39, 0.29) is 5.82 Å². The summed E-state index contributed by atoms with van der Waals surface area (Å²) in [6.07, 6.45) is 3.13. The van der Waals surface area contributed by atoms with E-state index < -0.39 is 0 Å². The molecule has 1 aromatic heterocycles. The number of rotatable bonds is 1. The van der Waals surface area contributed by atoms with Crippen LogP contribution in [-0.2, 0) is 19.9 Å². The number of aromatic nitrogens is 1. The Hall–Kier alpha value is -1.35. The number of hydrogen-bond acceptors (Lipinski definition) is 1. The van der Waals surface area contributed by atoms with Gasteiger partial charge < -0.3 is 10.3 Å². The minimum atomic E-state index is -0.122. The molecule has 17 heavy (non-hydrogen) atoms. The number of nitrogens with zero attached hydrogens (tertiary/aromatic N) is 1. The predicted molar refractivity (Wildman–Crippen MR) is 67.4 cm³/mol. The maximum absolute atomic E-state index is 13.9. The van der Waals surface area contributed by atoms with Gasteiger partial charge in [-0.25, -0.2) is 4.39 Å². The van der Waals surface area contributed by atoms with Crippen molar-refractivity contribution in [2.24, 2.45) is 18.7 Å². The molecular formula is C14H17FN2. The SMILES string of the molecule is Cn1c2c(c3cccc(F)c31)CC(CN)CC2. The van der Waals surface area contributed by atoms with E-state index >= 15 is 0 Å². The van der Waals surface area contributed by atoms with Crippen LogP contribution in [0.2, 0.25) is 0 Å². The standard InChI is InChI=1S/C14H17FN2/c1-17-13-6-5-9(8-16)7-11(13)10-3-2-4-12(15)14(10)17/h2-4,9H,5-8,16H2,1H3. The van der Waals surface area contributed by atoms with Gasteiger partial charge in [0.05, 0.1) is 5.52 Å². The molecule has 1 aliphatic carbocycles. The van der Waals surface area contributed by atoms with Crippen LogP contribution in [0, 0.1) is 11.7 Å². The molecule has 0 saturated carbocycles. The third-order valence-electron chi connectivity index (χ3n) is 4.02. The molecule has 3 rings (SSSR count). The van der Waals surface area contributed by atoms with Crippen molar-refractivity contribution in [3.8, 4) is 0 Å². The number of benzene rings is 1. The zero-order valence-corrected chi connectivity index (χ0v) is 10.0. The van der Waals surface area contributed by atoms with E-state index in [4.69, 9.17) is 5.73 Å². The minimum Gasteiger partial charge on any atom is -0.345 e. The van der Waals surface area contributed by atoms with Gasteiger partial charge in [-0.2, -0.15) is 0 Å². The summed E-state index contributed by atoms with van der Waals surface area (Å²) < 4.78 is 15.9. The predicted octanol–water partition coefficient (Wildman–Crippen LogP) is 2.38. The normalized spacial score (nSPS) is 19.6. The molecule has 0 saturated heterocycles. The quantitative estimate of drug-likeness (QED) is 0.804. The molecule has 2 N–H and O–H groups in total. The topological polar surface area (TPSA) is 30.9 Å². The highest BCUT2D eigenvalue weighted by Gasteiger charge is 2.24. The van der Waals surface area contributed by atoms with Crippen molar-refractivity contribution in [1.29, 1.82) is 0 Å². The Morgan fingerprint density at radius 1 is 1.47 bits per heavy atom. The zero-order valence-electron chi connectivity index (χ0n) is 10.0. The van der Waals surface area contributed by atoms with Gasteiger partial charge in [0.15, 0.2) is 0 Å².